The number of nitrogens with zero attached hydrogens (tertiary/aromatic N) is 2. The van der Waals surface area contributed by atoms with Crippen LogP contribution in [0.4, 0.5) is 0 Å². The molecule has 0 aliphatic heterocycles. The number of aryl methyl sites for hydroxylation is 1. The molecule has 0 aliphatic rings. The van der Waals surface area contributed by atoms with Crippen molar-refractivity contribution in [2.75, 3.05) is 6.66 Å². The Morgan fingerprint density at radius 3 is 2.56 bits per heavy atom. The zero-order valence-corrected chi connectivity index (χ0v) is 6.87. The lowest BCUT2D eigenvalue weighted by Crippen LogP contribution is -1.91. The molecule has 0 radical (unpaired) electrons. The van der Waals surface area contributed by atoms with Crippen molar-refractivity contribution in [2.24, 2.45) is 0 Å². The van der Waals surface area contributed by atoms with E-state index in [1.54, 1.807) is 13.6 Å². The van der Waals surface area contributed by atoms with E-state index in [0.29, 0.717) is 10.6 Å². The van der Waals surface area contributed by atoms with Gasteiger partial charge in [-0.2, -0.15) is 9.36 Å². The molecule has 0 aromatic carbocycles. The van der Waals surface area contributed by atoms with Gasteiger partial charge in [0.15, 0.2) is 0 Å². The lowest BCUT2D eigenvalue weighted by molar-refractivity contribution is 0.596. The molecule has 1 unspecified atom stereocenters. The average molecular weight is 161 g/mol. The molecule has 0 spiro atoms. The molecule has 9 heavy (non-hydrogen) atoms. The van der Waals surface area contributed by atoms with E-state index in [0.717, 1.165) is 0 Å². The molecule has 0 saturated carbocycles. The van der Waals surface area contributed by atoms with Gasteiger partial charge in [0.2, 0.25) is 0 Å². The van der Waals surface area contributed by atoms with Crippen LogP contribution in [0, 0.1) is 6.92 Å². The van der Waals surface area contributed by atoms with Crippen LogP contribution in [0.15, 0.2) is 0 Å². The van der Waals surface area contributed by atoms with Gasteiger partial charge in [-0.25, -0.2) is 0 Å². The van der Waals surface area contributed by atoms with Crippen LogP contribution < -0.4 is 4.75 Å². The van der Waals surface area contributed by atoms with Gasteiger partial charge in [0.1, 0.15) is 12.5 Å². The van der Waals surface area contributed by atoms with Crippen LogP contribution in [0.25, 0.3) is 0 Å². The third-order valence-electron chi connectivity index (χ3n) is 0.786. The van der Waals surface area contributed by atoms with E-state index >= 15 is 0 Å². The van der Waals surface area contributed by atoms with Gasteiger partial charge < -0.3 is 0 Å². The van der Waals surface area contributed by atoms with Crippen molar-refractivity contribution in [1.29, 1.82) is 0 Å². The van der Waals surface area contributed by atoms with E-state index in [2.05, 4.69) is 9.36 Å². The zero-order valence-electron chi connectivity index (χ0n) is 5.16. The minimum Gasteiger partial charge on any atom is -0.177 e. The lowest BCUT2D eigenvalue weighted by atomic mass is 10.8. The summed E-state index contributed by atoms with van der Waals surface area (Å²) in [7, 11) is -1.28. The van der Waals surface area contributed by atoms with Crippen LogP contribution in [0.2, 0.25) is 0 Å². The van der Waals surface area contributed by atoms with Crippen LogP contribution in [-0.2, 0) is 4.57 Å². The Bertz CT molecular complexity index is 234. The van der Waals surface area contributed by atoms with Gasteiger partial charge in [-0.1, -0.05) is 4.57 Å². The molecule has 3 nitrogen and oxygen atoms in total. The molecule has 1 aromatic rings. The Morgan fingerprint density at radius 2 is 2.33 bits per heavy atom. The van der Waals surface area contributed by atoms with Crippen molar-refractivity contribution in [1.82, 2.24) is 9.36 Å². The standard InChI is InChI=1S/C4H6N2OPS/c1-3-5-4(8(2)7)9-6-3/h1-2H3/q+1. The molecular weight excluding hydrogens is 155 g/mol. The molecule has 48 valence electrons. The average Bonchev–Trinajstić information content (AvgIpc) is 2.14. The second-order valence-corrected chi connectivity index (χ2v) is 4.09. The van der Waals surface area contributed by atoms with Crippen LogP contribution in [-0.4, -0.2) is 16.0 Å². The van der Waals surface area contributed by atoms with Crippen molar-refractivity contribution in [3.63, 3.8) is 0 Å². The molecule has 1 aromatic heterocycles. The van der Waals surface area contributed by atoms with E-state index in [1.807, 2.05) is 0 Å². The van der Waals surface area contributed by atoms with Crippen molar-refractivity contribution in [3.05, 3.63) is 5.82 Å². The maximum Gasteiger partial charge on any atom is 0.406 e. The maximum atomic E-state index is 10.7. The molecule has 0 amide bonds. The second-order valence-electron chi connectivity index (χ2n) is 1.62. The Hall–Kier alpha value is -0.340. The summed E-state index contributed by atoms with van der Waals surface area (Å²) in [6.45, 7) is 3.42. The number of aromatic nitrogens is 2. The van der Waals surface area contributed by atoms with Gasteiger partial charge in [-0.05, 0) is 6.92 Å². The SMILES string of the molecule is Cc1nsc([P+](C)=O)n1. The van der Waals surface area contributed by atoms with E-state index in [9.17, 15) is 4.57 Å². The fourth-order valence-electron chi connectivity index (χ4n) is 0.414. The molecule has 1 atom stereocenters. The largest absolute Gasteiger partial charge is 0.406 e. The highest BCUT2D eigenvalue weighted by Gasteiger charge is 2.16. The Balaban J connectivity index is 2.98. The van der Waals surface area contributed by atoms with E-state index in [4.69, 9.17) is 0 Å². The van der Waals surface area contributed by atoms with Crippen molar-refractivity contribution in [2.45, 2.75) is 6.92 Å². The minimum absolute atomic E-state index is 0.641. The number of hydrogen-bond acceptors (Lipinski definition) is 4. The van der Waals surface area contributed by atoms with E-state index in [1.165, 1.54) is 11.5 Å². The van der Waals surface area contributed by atoms with Crippen molar-refractivity contribution in [3.8, 4) is 0 Å². The summed E-state index contributed by atoms with van der Waals surface area (Å²) in [5.41, 5.74) is 0. The van der Waals surface area contributed by atoms with Gasteiger partial charge in [-0.15, -0.1) is 0 Å². The van der Waals surface area contributed by atoms with Crippen LogP contribution >= 0.6 is 19.3 Å². The summed E-state index contributed by atoms with van der Waals surface area (Å²) < 4.78 is 15.2. The summed E-state index contributed by atoms with van der Waals surface area (Å²) >= 11 is 1.21. The second kappa shape index (κ2) is 2.50. The van der Waals surface area contributed by atoms with E-state index in [-0.39, 0.29) is 0 Å². The molecule has 0 saturated heterocycles. The number of rotatable bonds is 1. The first-order valence-corrected chi connectivity index (χ1v) is 4.89. The highest BCUT2D eigenvalue weighted by molar-refractivity contribution is 7.59. The van der Waals surface area contributed by atoms with Crippen molar-refractivity contribution >= 4 is 24.1 Å². The maximum absolute atomic E-state index is 10.7. The molecule has 0 fully saturated rings. The van der Waals surface area contributed by atoms with Crippen LogP contribution in [0.1, 0.15) is 5.82 Å². The molecule has 1 heterocycles. The Kier molecular flexibility index (Phi) is 1.88. The van der Waals surface area contributed by atoms with Gasteiger partial charge >= 0.3 is 12.5 Å². The Labute approximate surface area is 58.1 Å². The smallest absolute Gasteiger partial charge is 0.177 e. The third-order valence-corrected chi connectivity index (χ3v) is 3.05. The minimum atomic E-state index is -1.28. The highest BCUT2D eigenvalue weighted by Crippen LogP contribution is 2.13. The Morgan fingerprint density at radius 1 is 1.67 bits per heavy atom. The monoisotopic (exact) mass is 161 g/mol. The summed E-state index contributed by atoms with van der Waals surface area (Å²) in [5, 5.41) is 0. The predicted octanol–water partition coefficient (Wildman–Crippen LogP) is 0.929. The quantitative estimate of drug-likeness (QED) is 0.575. The first kappa shape index (κ1) is 6.78. The van der Waals surface area contributed by atoms with Gasteiger partial charge in [-0.3, -0.25) is 0 Å². The van der Waals surface area contributed by atoms with Gasteiger partial charge in [0, 0.05) is 11.5 Å². The predicted molar refractivity (Wildman–Crippen MR) is 37.8 cm³/mol. The van der Waals surface area contributed by atoms with Crippen LogP contribution in [0.3, 0.4) is 0 Å². The topological polar surface area (TPSA) is 42.9 Å². The first-order chi connectivity index (χ1) is 4.20. The number of hydrogen-bond donors (Lipinski definition) is 0. The van der Waals surface area contributed by atoms with E-state index < -0.39 is 7.80 Å². The molecular formula is C4H6N2OPS+. The third kappa shape index (κ3) is 1.53. The fourth-order valence-corrected chi connectivity index (χ4v) is 1.71. The summed E-state index contributed by atoms with van der Waals surface area (Å²) in [6, 6.07) is 0. The van der Waals surface area contributed by atoms with Gasteiger partial charge in [0.05, 0.1) is 0 Å². The summed E-state index contributed by atoms with van der Waals surface area (Å²) in [5.74, 6) is 0.709. The van der Waals surface area contributed by atoms with Crippen molar-refractivity contribution < 1.29 is 4.57 Å². The normalized spacial score (nSPS) is 11.6. The fraction of sp³-hybridized carbons (Fsp3) is 0.500. The van der Waals surface area contributed by atoms with Gasteiger partial charge in [0.25, 0.3) is 0 Å². The molecule has 0 aliphatic carbocycles. The lowest BCUT2D eigenvalue weighted by Gasteiger charge is -1.65. The molecule has 0 bridgehead atoms. The summed E-state index contributed by atoms with van der Waals surface area (Å²) in [4.78, 5) is 3.93. The highest BCUT2D eigenvalue weighted by atomic mass is 32.1. The molecule has 1 rings (SSSR count). The zero-order chi connectivity index (χ0) is 6.85. The molecule has 0 N–H and O–H groups in total. The van der Waals surface area contributed by atoms with Crippen LogP contribution in [0.5, 0.6) is 0 Å². The first-order valence-electron chi connectivity index (χ1n) is 2.41. The molecule has 5 heteroatoms. The summed E-state index contributed by atoms with van der Waals surface area (Å²) in [6.07, 6.45) is 0.